The van der Waals surface area contributed by atoms with E-state index in [2.05, 4.69) is 10.3 Å². The Bertz CT molecular complexity index is 607. The molecule has 0 aliphatic carbocycles. The van der Waals surface area contributed by atoms with Crippen LogP contribution in [-0.2, 0) is 0 Å². The van der Waals surface area contributed by atoms with Gasteiger partial charge in [0.25, 0.3) is 5.91 Å². The van der Waals surface area contributed by atoms with Gasteiger partial charge in [0.15, 0.2) is 0 Å². The van der Waals surface area contributed by atoms with Gasteiger partial charge in [0.1, 0.15) is 17.6 Å². The Morgan fingerprint density at radius 2 is 2.16 bits per heavy atom. The summed E-state index contributed by atoms with van der Waals surface area (Å²) in [5.74, 6) is 0.0464. The number of benzene rings is 1. The quantitative estimate of drug-likeness (QED) is 0.925. The van der Waals surface area contributed by atoms with E-state index >= 15 is 0 Å². The number of hydrogen-bond donors (Lipinski definition) is 1. The van der Waals surface area contributed by atoms with E-state index in [0.717, 1.165) is 5.56 Å². The number of rotatable bonds is 3. The molecule has 0 saturated heterocycles. The molecule has 1 unspecified atom stereocenters. The lowest BCUT2D eigenvalue weighted by atomic mass is 10.1. The van der Waals surface area contributed by atoms with Gasteiger partial charge in [-0.05, 0) is 38.5 Å². The maximum absolute atomic E-state index is 13.7. The van der Waals surface area contributed by atoms with E-state index in [0.29, 0.717) is 11.7 Å². The van der Waals surface area contributed by atoms with Crippen LogP contribution in [0.3, 0.4) is 0 Å². The zero-order chi connectivity index (χ0) is 14.0. The summed E-state index contributed by atoms with van der Waals surface area (Å²) in [6.07, 6.45) is 1.57. The second-order valence-electron chi connectivity index (χ2n) is 4.49. The van der Waals surface area contributed by atoms with Gasteiger partial charge in [0.2, 0.25) is 5.89 Å². The lowest BCUT2D eigenvalue weighted by molar-refractivity contribution is 0.0930. The second-order valence-corrected chi connectivity index (χ2v) is 4.49. The molecular weight excluding hydrogens is 247 g/mol. The van der Waals surface area contributed by atoms with Crippen LogP contribution in [0.15, 0.2) is 28.8 Å². The molecule has 1 aromatic carbocycles. The topological polar surface area (TPSA) is 55.1 Å². The van der Waals surface area contributed by atoms with Gasteiger partial charge >= 0.3 is 0 Å². The number of carbonyl (C=O) groups excluding carboxylic acids is 1. The van der Waals surface area contributed by atoms with Crippen molar-refractivity contribution in [1.29, 1.82) is 0 Å². The summed E-state index contributed by atoms with van der Waals surface area (Å²) in [7, 11) is 0. The third-order valence-corrected chi connectivity index (χ3v) is 2.73. The molecule has 0 radical (unpaired) electrons. The Kier molecular flexibility index (Phi) is 3.64. The highest BCUT2D eigenvalue weighted by Crippen LogP contribution is 2.15. The van der Waals surface area contributed by atoms with E-state index in [1.807, 2.05) is 0 Å². The van der Waals surface area contributed by atoms with Crippen LogP contribution < -0.4 is 5.32 Å². The molecule has 2 rings (SSSR count). The van der Waals surface area contributed by atoms with Crippen molar-refractivity contribution in [2.24, 2.45) is 0 Å². The smallest absolute Gasteiger partial charge is 0.254 e. The number of aromatic nitrogens is 1. The predicted octanol–water partition coefficient (Wildman–Crippen LogP) is 2.92. The van der Waals surface area contributed by atoms with Crippen molar-refractivity contribution in [2.45, 2.75) is 26.8 Å². The van der Waals surface area contributed by atoms with E-state index in [1.165, 1.54) is 12.1 Å². The van der Waals surface area contributed by atoms with Crippen molar-refractivity contribution in [3.8, 4) is 0 Å². The van der Waals surface area contributed by atoms with Crippen molar-refractivity contribution < 1.29 is 13.6 Å². The second kappa shape index (κ2) is 5.22. The standard InChI is InChI=1S/C14H15FN2O2/c1-8-4-5-11(12(15)6-8)13(18)17-10(3)14-16-7-9(2)19-14/h4-7,10H,1-3H3,(H,17,18). The summed E-state index contributed by atoms with van der Waals surface area (Å²) in [5, 5.41) is 2.65. The van der Waals surface area contributed by atoms with Crippen LogP contribution in [0.4, 0.5) is 4.39 Å². The van der Waals surface area contributed by atoms with Crippen molar-refractivity contribution in [2.75, 3.05) is 0 Å². The van der Waals surface area contributed by atoms with Gasteiger partial charge < -0.3 is 9.73 Å². The maximum Gasteiger partial charge on any atom is 0.254 e. The maximum atomic E-state index is 13.7. The molecule has 4 nitrogen and oxygen atoms in total. The number of amides is 1. The van der Waals surface area contributed by atoms with Crippen LogP contribution in [0.25, 0.3) is 0 Å². The Morgan fingerprint density at radius 3 is 2.74 bits per heavy atom. The van der Waals surface area contributed by atoms with Crippen LogP contribution in [0.1, 0.15) is 40.5 Å². The monoisotopic (exact) mass is 262 g/mol. The molecule has 1 amide bonds. The minimum absolute atomic E-state index is 0.0146. The minimum atomic E-state index is -0.534. The molecule has 5 heteroatoms. The first-order chi connectivity index (χ1) is 8.97. The van der Waals surface area contributed by atoms with Crippen molar-refractivity contribution in [3.63, 3.8) is 0 Å². The molecule has 0 saturated carbocycles. The molecule has 19 heavy (non-hydrogen) atoms. The van der Waals surface area contributed by atoms with Crippen LogP contribution in [0, 0.1) is 19.7 Å². The number of aryl methyl sites for hydroxylation is 2. The van der Waals surface area contributed by atoms with Crippen molar-refractivity contribution in [1.82, 2.24) is 10.3 Å². The SMILES string of the molecule is Cc1ccc(C(=O)NC(C)c2ncc(C)o2)c(F)c1. The molecule has 1 heterocycles. The summed E-state index contributed by atoms with van der Waals surface area (Å²) in [6.45, 7) is 5.27. The molecule has 0 aliphatic heterocycles. The van der Waals surface area contributed by atoms with Gasteiger partial charge in [0, 0.05) is 0 Å². The van der Waals surface area contributed by atoms with Gasteiger partial charge in [-0.3, -0.25) is 4.79 Å². The Morgan fingerprint density at radius 1 is 1.42 bits per heavy atom. The zero-order valence-corrected chi connectivity index (χ0v) is 11.0. The van der Waals surface area contributed by atoms with Gasteiger partial charge in [-0.15, -0.1) is 0 Å². The molecule has 0 spiro atoms. The third-order valence-electron chi connectivity index (χ3n) is 2.73. The van der Waals surface area contributed by atoms with Crippen molar-refractivity contribution in [3.05, 3.63) is 53.0 Å². The summed E-state index contributed by atoms with van der Waals surface area (Å²) in [4.78, 5) is 16.0. The highest BCUT2D eigenvalue weighted by Gasteiger charge is 2.17. The predicted molar refractivity (Wildman–Crippen MR) is 68.3 cm³/mol. The van der Waals surface area contributed by atoms with E-state index < -0.39 is 17.8 Å². The van der Waals surface area contributed by atoms with E-state index in [-0.39, 0.29) is 5.56 Å². The molecule has 2 aromatic rings. The molecule has 0 bridgehead atoms. The molecule has 100 valence electrons. The molecule has 1 aromatic heterocycles. The number of hydrogen-bond acceptors (Lipinski definition) is 3. The minimum Gasteiger partial charge on any atom is -0.444 e. The number of halogens is 1. The van der Waals surface area contributed by atoms with E-state index in [1.54, 1.807) is 33.0 Å². The lowest BCUT2D eigenvalue weighted by Gasteiger charge is -2.11. The highest BCUT2D eigenvalue weighted by molar-refractivity contribution is 5.94. The molecule has 0 aliphatic rings. The first-order valence-electron chi connectivity index (χ1n) is 5.96. The summed E-state index contributed by atoms with van der Waals surface area (Å²) >= 11 is 0. The highest BCUT2D eigenvalue weighted by atomic mass is 19.1. The van der Waals surface area contributed by atoms with Gasteiger partial charge in [-0.1, -0.05) is 6.07 Å². The number of nitrogens with one attached hydrogen (secondary N) is 1. The normalized spacial score (nSPS) is 12.2. The lowest BCUT2D eigenvalue weighted by Crippen LogP contribution is -2.27. The number of oxazole rings is 1. The summed E-state index contributed by atoms with van der Waals surface area (Å²) in [5.41, 5.74) is 0.783. The molecule has 0 fully saturated rings. The number of nitrogens with zero attached hydrogens (tertiary/aromatic N) is 1. The van der Waals surface area contributed by atoms with Gasteiger partial charge in [0.05, 0.1) is 11.8 Å². The zero-order valence-electron chi connectivity index (χ0n) is 11.0. The van der Waals surface area contributed by atoms with Gasteiger partial charge in [-0.2, -0.15) is 0 Å². The van der Waals surface area contributed by atoms with Crippen LogP contribution in [0.2, 0.25) is 0 Å². The average molecular weight is 262 g/mol. The first-order valence-corrected chi connectivity index (χ1v) is 5.96. The average Bonchev–Trinajstić information content (AvgIpc) is 2.75. The Balaban J connectivity index is 2.12. The fourth-order valence-corrected chi connectivity index (χ4v) is 1.71. The third kappa shape index (κ3) is 2.99. The fourth-order valence-electron chi connectivity index (χ4n) is 1.71. The van der Waals surface area contributed by atoms with Crippen LogP contribution in [-0.4, -0.2) is 10.9 Å². The van der Waals surface area contributed by atoms with Crippen LogP contribution >= 0.6 is 0 Å². The fraction of sp³-hybridized carbons (Fsp3) is 0.286. The molecular formula is C14H15FN2O2. The first kappa shape index (κ1) is 13.3. The largest absolute Gasteiger partial charge is 0.444 e. The van der Waals surface area contributed by atoms with Crippen LogP contribution in [0.5, 0.6) is 0 Å². The number of carbonyl (C=O) groups is 1. The molecule has 1 N–H and O–H groups in total. The molecule has 1 atom stereocenters. The summed E-state index contributed by atoms with van der Waals surface area (Å²) in [6, 6.07) is 4.07. The Hall–Kier alpha value is -2.17. The Labute approximate surface area is 110 Å². The van der Waals surface area contributed by atoms with Gasteiger partial charge in [-0.25, -0.2) is 9.37 Å². The van der Waals surface area contributed by atoms with E-state index in [4.69, 9.17) is 4.42 Å². The summed E-state index contributed by atoms with van der Waals surface area (Å²) < 4.78 is 19.0. The van der Waals surface area contributed by atoms with Crippen molar-refractivity contribution >= 4 is 5.91 Å². The van der Waals surface area contributed by atoms with E-state index in [9.17, 15) is 9.18 Å².